The molecule has 5 heteroatoms. The molecule has 1 saturated heterocycles. The van der Waals surface area contributed by atoms with Crippen LogP contribution in [-0.2, 0) is 14.3 Å². The van der Waals surface area contributed by atoms with Crippen LogP contribution in [0.15, 0.2) is 0 Å². The molecule has 0 radical (unpaired) electrons. The third kappa shape index (κ3) is 2.60. The highest BCUT2D eigenvalue weighted by molar-refractivity contribution is 5.82. The van der Waals surface area contributed by atoms with Gasteiger partial charge in [-0.2, -0.15) is 0 Å². The Balaban J connectivity index is 2.08. The van der Waals surface area contributed by atoms with Crippen molar-refractivity contribution in [1.29, 1.82) is 0 Å². The second kappa shape index (κ2) is 3.70. The molecule has 2 aliphatic rings. The van der Waals surface area contributed by atoms with Gasteiger partial charge in [0.1, 0.15) is 5.60 Å². The molecule has 1 heterocycles. The van der Waals surface area contributed by atoms with Gasteiger partial charge in [0, 0.05) is 12.1 Å². The van der Waals surface area contributed by atoms with Gasteiger partial charge in [0.25, 0.3) is 0 Å². The van der Waals surface area contributed by atoms with Crippen molar-refractivity contribution in [3.63, 3.8) is 0 Å². The summed E-state index contributed by atoms with van der Waals surface area (Å²) in [6.45, 7) is 6.19. The van der Waals surface area contributed by atoms with E-state index in [4.69, 9.17) is 9.84 Å². The highest BCUT2D eigenvalue weighted by atomic mass is 16.6. The van der Waals surface area contributed by atoms with Crippen LogP contribution >= 0.6 is 0 Å². The van der Waals surface area contributed by atoms with E-state index < -0.39 is 23.4 Å². The summed E-state index contributed by atoms with van der Waals surface area (Å²) in [6.07, 6.45) is 1.12. The summed E-state index contributed by atoms with van der Waals surface area (Å²) >= 11 is 0. The zero-order chi connectivity index (χ0) is 12.8. The quantitative estimate of drug-likeness (QED) is 0.551. The van der Waals surface area contributed by atoms with Crippen LogP contribution in [0.3, 0.4) is 0 Å². The third-order valence-electron chi connectivity index (χ3n) is 3.41. The second-order valence-corrected chi connectivity index (χ2v) is 6.13. The number of hydrogen-bond donors (Lipinski definition) is 2. The summed E-state index contributed by atoms with van der Waals surface area (Å²) in [5.74, 6) is -2.40. The van der Waals surface area contributed by atoms with E-state index in [1.54, 1.807) is 20.8 Å². The Labute approximate surface area is 101 Å². The van der Waals surface area contributed by atoms with Gasteiger partial charge in [-0.25, -0.2) is 0 Å². The molecule has 17 heavy (non-hydrogen) atoms. The van der Waals surface area contributed by atoms with Crippen LogP contribution in [0.1, 0.15) is 33.6 Å². The van der Waals surface area contributed by atoms with Crippen LogP contribution in [0.4, 0.5) is 0 Å². The van der Waals surface area contributed by atoms with E-state index in [-0.39, 0.29) is 11.5 Å². The lowest BCUT2D eigenvalue weighted by molar-refractivity contribution is -0.165. The first kappa shape index (κ1) is 12.4. The fourth-order valence-corrected chi connectivity index (χ4v) is 2.51. The lowest BCUT2D eigenvalue weighted by Crippen LogP contribution is -2.32. The molecule has 5 nitrogen and oxygen atoms in total. The topological polar surface area (TPSA) is 85.5 Å². The number of carboxylic acids is 1. The Hall–Kier alpha value is -1.10. The molecule has 1 saturated carbocycles. The maximum Gasteiger partial charge on any atom is 0.310 e. The van der Waals surface area contributed by atoms with Crippen LogP contribution in [0.5, 0.6) is 0 Å². The molecule has 0 bridgehead atoms. The summed E-state index contributed by atoms with van der Waals surface area (Å²) in [7, 11) is 0. The molecule has 0 aromatic carbocycles. The SMILES string of the molecule is CC(C)(C)OC(=O)C1C[C@@]2(CN2)CC1C(=O)O. The minimum atomic E-state index is -0.897. The number of hydrogen-bond acceptors (Lipinski definition) is 4. The van der Waals surface area contributed by atoms with Crippen LogP contribution in [0.2, 0.25) is 0 Å². The molecule has 0 aromatic rings. The van der Waals surface area contributed by atoms with Crippen molar-refractivity contribution < 1.29 is 19.4 Å². The summed E-state index contributed by atoms with van der Waals surface area (Å²) in [6, 6.07) is 0. The summed E-state index contributed by atoms with van der Waals surface area (Å²) in [5, 5.41) is 12.3. The molecule has 96 valence electrons. The molecule has 3 atom stereocenters. The standard InChI is InChI=1S/C12H19NO4/c1-11(2,3)17-10(16)8-5-12(6-13-12)4-7(8)9(14)15/h7-8,13H,4-6H2,1-3H3,(H,14,15)/t7?,8?,12-/m1/s1. The Kier molecular flexibility index (Phi) is 2.69. The predicted molar refractivity (Wildman–Crippen MR) is 60.4 cm³/mol. The number of esters is 1. The highest BCUT2D eigenvalue weighted by Crippen LogP contribution is 2.45. The lowest BCUT2D eigenvalue weighted by Gasteiger charge is -2.23. The van der Waals surface area contributed by atoms with E-state index in [0.717, 1.165) is 6.54 Å². The first-order valence-electron chi connectivity index (χ1n) is 5.93. The molecule has 1 spiro atoms. The van der Waals surface area contributed by atoms with Crippen molar-refractivity contribution in [3.05, 3.63) is 0 Å². The molecule has 2 unspecified atom stereocenters. The van der Waals surface area contributed by atoms with E-state index in [2.05, 4.69) is 5.32 Å². The van der Waals surface area contributed by atoms with Crippen LogP contribution in [0, 0.1) is 11.8 Å². The molecular formula is C12H19NO4. The minimum Gasteiger partial charge on any atom is -0.481 e. The Morgan fingerprint density at radius 2 is 1.82 bits per heavy atom. The summed E-state index contributed by atoms with van der Waals surface area (Å²) in [5.41, 5.74) is -0.669. The van der Waals surface area contributed by atoms with Crippen molar-refractivity contribution >= 4 is 11.9 Å². The first-order valence-corrected chi connectivity index (χ1v) is 5.93. The summed E-state index contributed by atoms with van der Waals surface area (Å²) < 4.78 is 5.29. The fourth-order valence-electron chi connectivity index (χ4n) is 2.51. The fraction of sp³-hybridized carbons (Fsp3) is 0.833. The predicted octanol–water partition coefficient (Wildman–Crippen LogP) is 0.781. The molecule has 0 aromatic heterocycles. The van der Waals surface area contributed by atoms with Crippen molar-refractivity contribution in [3.8, 4) is 0 Å². The van der Waals surface area contributed by atoms with Crippen molar-refractivity contribution in [2.45, 2.75) is 44.8 Å². The third-order valence-corrected chi connectivity index (χ3v) is 3.41. The molecule has 2 fully saturated rings. The van der Waals surface area contributed by atoms with E-state index >= 15 is 0 Å². The van der Waals surface area contributed by atoms with Crippen molar-refractivity contribution in [1.82, 2.24) is 5.32 Å². The van der Waals surface area contributed by atoms with E-state index in [0.29, 0.717) is 12.8 Å². The Morgan fingerprint density at radius 1 is 1.29 bits per heavy atom. The number of carbonyl (C=O) groups excluding carboxylic acids is 1. The molecular weight excluding hydrogens is 222 g/mol. The number of carbonyl (C=O) groups is 2. The zero-order valence-electron chi connectivity index (χ0n) is 10.4. The van der Waals surface area contributed by atoms with Gasteiger partial charge in [-0.15, -0.1) is 0 Å². The molecule has 1 aliphatic heterocycles. The van der Waals surface area contributed by atoms with Crippen LogP contribution < -0.4 is 5.32 Å². The average Bonchev–Trinajstić information content (AvgIpc) is 2.73. The highest BCUT2D eigenvalue weighted by Gasteiger charge is 2.57. The van der Waals surface area contributed by atoms with Gasteiger partial charge < -0.3 is 15.2 Å². The van der Waals surface area contributed by atoms with Gasteiger partial charge in [0.05, 0.1) is 11.8 Å². The maximum atomic E-state index is 12.0. The van der Waals surface area contributed by atoms with Crippen molar-refractivity contribution in [2.75, 3.05) is 6.54 Å². The number of nitrogens with one attached hydrogen (secondary N) is 1. The number of rotatable bonds is 2. The maximum absolute atomic E-state index is 12.0. The first-order chi connectivity index (χ1) is 7.72. The average molecular weight is 241 g/mol. The normalized spacial score (nSPS) is 35.9. The van der Waals surface area contributed by atoms with Gasteiger partial charge >= 0.3 is 11.9 Å². The van der Waals surface area contributed by atoms with Crippen LogP contribution in [-0.4, -0.2) is 34.7 Å². The van der Waals surface area contributed by atoms with E-state index in [9.17, 15) is 9.59 Å². The zero-order valence-corrected chi connectivity index (χ0v) is 10.4. The second-order valence-electron chi connectivity index (χ2n) is 6.13. The van der Waals surface area contributed by atoms with Crippen molar-refractivity contribution in [2.24, 2.45) is 11.8 Å². The van der Waals surface area contributed by atoms with Gasteiger partial charge in [-0.1, -0.05) is 0 Å². The van der Waals surface area contributed by atoms with Gasteiger partial charge in [0.15, 0.2) is 0 Å². The van der Waals surface area contributed by atoms with Gasteiger partial charge in [0.2, 0.25) is 0 Å². The monoisotopic (exact) mass is 241 g/mol. The minimum absolute atomic E-state index is 0.107. The molecule has 2 rings (SSSR count). The molecule has 1 aliphatic carbocycles. The Morgan fingerprint density at radius 3 is 2.24 bits per heavy atom. The van der Waals surface area contributed by atoms with Gasteiger partial charge in [-0.3, -0.25) is 9.59 Å². The number of aliphatic carboxylic acids is 1. The smallest absolute Gasteiger partial charge is 0.310 e. The lowest BCUT2D eigenvalue weighted by atomic mass is 9.96. The molecule has 0 amide bonds. The van der Waals surface area contributed by atoms with E-state index in [1.165, 1.54) is 0 Å². The number of carboxylic acid groups (broad SMARTS) is 1. The van der Waals surface area contributed by atoms with Crippen LogP contribution in [0.25, 0.3) is 0 Å². The van der Waals surface area contributed by atoms with E-state index in [1.807, 2.05) is 0 Å². The molecule has 2 N–H and O–H groups in total. The largest absolute Gasteiger partial charge is 0.481 e. The Bertz CT molecular complexity index is 354. The number of ether oxygens (including phenoxy) is 1. The summed E-state index contributed by atoms with van der Waals surface area (Å²) in [4.78, 5) is 23.1. The van der Waals surface area contributed by atoms with Gasteiger partial charge in [-0.05, 0) is 33.6 Å².